The Morgan fingerprint density at radius 2 is 1.48 bits per heavy atom. The van der Waals surface area contributed by atoms with Crippen LogP contribution in [-0.2, 0) is 0 Å². The fourth-order valence-electron chi connectivity index (χ4n) is 3.75. The number of hydrogen-bond donors (Lipinski definition) is 1. The van der Waals surface area contributed by atoms with Crippen molar-refractivity contribution >= 4 is 21.8 Å². The van der Waals surface area contributed by atoms with E-state index >= 15 is 0 Å². The second kappa shape index (κ2) is 10.6. The summed E-state index contributed by atoms with van der Waals surface area (Å²) >= 11 is 3.53. The van der Waals surface area contributed by atoms with E-state index < -0.39 is 0 Å². The van der Waals surface area contributed by atoms with Crippen molar-refractivity contribution in [1.82, 2.24) is 20.1 Å². The lowest BCUT2D eigenvalue weighted by Crippen LogP contribution is -2.35. The highest BCUT2D eigenvalue weighted by Gasteiger charge is 2.17. The Labute approximate surface area is 170 Å². The van der Waals surface area contributed by atoms with Crippen LogP contribution in [0, 0.1) is 0 Å². The van der Waals surface area contributed by atoms with Crippen molar-refractivity contribution in [3.05, 3.63) is 40.9 Å². The third kappa shape index (κ3) is 6.16. The fourth-order valence-corrected chi connectivity index (χ4v) is 4.18. The Kier molecular flexibility index (Phi) is 7.87. The van der Waals surface area contributed by atoms with Gasteiger partial charge in [0.1, 0.15) is 12.7 Å². The van der Waals surface area contributed by atoms with Gasteiger partial charge in [-0.2, -0.15) is 0 Å². The topological polar surface area (TPSA) is 59.8 Å². The molecule has 1 fully saturated rings. The van der Waals surface area contributed by atoms with E-state index in [0.717, 1.165) is 23.0 Å². The summed E-state index contributed by atoms with van der Waals surface area (Å²) in [6.07, 6.45) is 17.1. The highest BCUT2D eigenvalue weighted by Crippen LogP contribution is 2.22. The van der Waals surface area contributed by atoms with Crippen LogP contribution in [-0.4, -0.2) is 26.7 Å². The minimum Gasteiger partial charge on any atom is -0.349 e. The molecule has 6 heteroatoms. The van der Waals surface area contributed by atoms with Gasteiger partial charge in [0, 0.05) is 16.2 Å². The molecule has 1 saturated carbocycles. The van der Waals surface area contributed by atoms with E-state index in [1.165, 1.54) is 57.8 Å². The molecule has 1 aromatic heterocycles. The second-order valence-electron chi connectivity index (χ2n) is 7.46. The van der Waals surface area contributed by atoms with E-state index in [1.54, 1.807) is 17.2 Å². The summed E-state index contributed by atoms with van der Waals surface area (Å²) in [6, 6.07) is 6.01. The summed E-state index contributed by atoms with van der Waals surface area (Å²) in [4.78, 5) is 12.9. The molecule has 1 aromatic carbocycles. The van der Waals surface area contributed by atoms with Crippen LogP contribution in [0.4, 0.5) is 0 Å². The normalized spacial score (nSPS) is 17.7. The molecule has 0 bridgehead atoms. The zero-order chi connectivity index (χ0) is 18.9. The van der Waals surface area contributed by atoms with Crippen LogP contribution in [0.2, 0.25) is 0 Å². The van der Waals surface area contributed by atoms with Crippen molar-refractivity contribution < 1.29 is 4.79 Å². The lowest BCUT2D eigenvalue weighted by atomic mass is 9.97. The van der Waals surface area contributed by atoms with Crippen LogP contribution in [0.25, 0.3) is 5.69 Å². The molecule has 1 aliphatic carbocycles. The highest BCUT2D eigenvalue weighted by atomic mass is 79.9. The van der Waals surface area contributed by atoms with Gasteiger partial charge in [-0.25, -0.2) is 0 Å². The molecule has 5 nitrogen and oxygen atoms in total. The Balaban J connectivity index is 1.66. The van der Waals surface area contributed by atoms with Crippen LogP contribution >= 0.6 is 15.9 Å². The molecule has 0 spiro atoms. The van der Waals surface area contributed by atoms with Gasteiger partial charge in [-0.15, -0.1) is 10.2 Å². The number of benzene rings is 1. The molecular weight excluding hydrogens is 404 g/mol. The number of hydrogen-bond acceptors (Lipinski definition) is 3. The predicted octanol–water partition coefficient (Wildman–Crippen LogP) is 5.43. The molecule has 2 aromatic rings. The minimum absolute atomic E-state index is 0.00565. The molecule has 0 radical (unpaired) electrons. The Morgan fingerprint density at radius 1 is 0.926 bits per heavy atom. The average molecular weight is 433 g/mol. The maximum atomic E-state index is 12.9. The number of nitrogens with one attached hydrogen (secondary N) is 1. The van der Waals surface area contributed by atoms with Gasteiger partial charge in [0.25, 0.3) is 5.91 Å². The molecule has 146 valence electrons. The highest BCUT2D eigenvalue weighted by molar-refractivity contribution is 9.10. The van der Waals surface area contributed by atoms with E-state index in [1.807, 2.05) is 18.2 Å². The van der Waals surface area contributed by atoms with Gasteiger partial charge in [-0.05, 0) is 47.0 Å². The first-order valence-electron chi connectivity index (χ1n) is 10.2. The lowest BCUT2D eigenvalue weighted by Gasteiger charge is -2.20. The summed E-state index contributed by atoms with van der Waals surface area (Å²) in [6.45, 7) is 0. The van der Waals surface area contributed by atoms with Crippen molar-refractivity contribution in [1.29, 1.82) is 0 Å². The molecular formula is C21H29BrN4O. The van der Waals surface area contributed by atoms with Crippen molar-refractivity contribution in [3.8, 4) is 5.69 Å². The van der Waals surface area contributed by atoms with Gasteiger partial charge >= 0.3 is 0 Å². The van der Waals surface area contributed by atoms with E-state index in [4.69, 9.17) is 0 Å². The van der Waals surface area contributed by atoms with E-state index in [9.17, 15) is 4.79 Å². The van der Waals surface area contributed by atoms with Gasteiger partial charge < -0.3 is 5.32 Å². The number of aromatic nitrogens is 3. The molecule has 27 heavy (non-hydrogen) atoms. The molecule has 1 heterocycles. The molecule has 3 rings (SSSR count). The summed E-state index contributed by atoms with van der Waals surface area (Å²) in [7, 11) is 0. The van der Waals surface area contributed by atoms with Gasteiger partial charge in [0.05, 0.1) is 5.56 Å². The fraction of sp³-hybridized carbons (Fsp3) is 0.571. The second-order valence-corrected chi connectivity index (χ2v) is 8.32. The quantitative estimate of drug-likeness (QED) is 0.702. The van der Waals surface area contributed by atoms with Crippen LogP contribution < -0.4 is 5.32 Å². The standard InChI is InChI=1S/C21H29BrN4O/c22-20-13-12-18(26-15-23-24-16-26)14-19(20)21(27)25-17-10-8-6-4-2-1-3-5-7-9-11-17/h12-17H,1-11H2,(H,25,27). The van der Waals surface area contributed by atoms with Gasteiger partial charge in [0.15, 0.2) is 0 Å². The third-order valence-electron chi connectivity index (χ3n) is 5.35. The van der Waals surface area contributed by atoms with Crippen LogP contribution in [0.15, 0.2) is 35.3 Å². The third-order valence-corrected chi connectivity index (χ3v) is 6.04. The van der Waals surface area contributed by atoms with Crippen LogP contribution in [0.5, 0.6) is 0 Å². The number of carbonyl (C=O) groups is 1. The first kappa shape index (κ1) is 20.1. The molecule has 1 aliphatic rings. The van der Waals surface area contributed by atoms with Gasteiger partial charge in [-0.1, -0.05) is 57.8 Å². The first-order valence-corrected chi connectivity index (χ1v) is 11.0. The van der Waals surface area contributed by atoms with Crippen molar-refractivity contribution in [2.75, 3.05) is 0 Å². The molecule has 0 saturated heterocycles. The number of rotatable bonds is 3. The molecule has 1 N–H and O–H groups in total. The van der Waals surface area contributed by atoms with Gasteiger partial charge in [0.2, 0.25) is 0 Å². The molecule has 1 amide bonds. The Morgan fingerprint density at radius 3 is 2.07 bits per heavy atom. The summed E-state index contributed by atoms with van der Waals surface area (Å²) in [5.41, 5.74) is 1.54. The molecule has 0 unspecified atom stereocenters. The zero-order valence-corrected chi connectivity index (χ0v) is 17.5. The number of carbonyl (C=O) groups excluding carboxylic acids is 1. The molecule has 0 atom stereocenters. The SMILES string of the molecule is O=C(NC1CCCCCCCCCCC1)c1cc(-n2cnnc2)ccc1Br. The van der Waals surface area contributed by atoms with E-state index in [-0.39, 0.29) is 11.9 Å². The van der Waals surface area contributed by atoms with Crippen molar-refractivity contribution in [2.24, 2.45) is 0 Å². The molecule has 0 aliphatic heterocycles. The largest absolute Gasteiger partial charge is 0.349 e. The monoisotopic (exact) mass is 432 g/mol. The zero-order valence-electron chi connectivity index (χ0n) is 15.9. The maximum Gasteiger partial charge on any atom is 0.252 e. The summed E-state index contributed by atoms with van der Waals surface area (Å²) in [5.74, 6) is -0.00565. The van der Waals surface area contributed by atoms with Crippen molar-refractivity contribution in [3.63, 3.8) is 0 Å². The van der Waals surface area contributed by atoms with E-state index in [2.05, 4.69) is 31.4 Å². The number of amides is 1. The lowest BCUT2D eigenvalue weighted by molar-refractivity contribution is 0.0930. The van der Waals surface area contributed by atoms with Gasteiger partial charge in [-0.3, -0.25) is 9.36 Å². The maximum absolute atomic E-state index is 12.9. The van der Waals surface area contributed by atoms with Crippen LogP contribution in [0.3, 0.4) is 0 Å². The Bertz CT molecular complexity index is 705. The number of nitrogens with zero attached hydrogens (tertiary/aromatic N) is 3. The number of halogens is 1. The minimum atomic E-state index is -0.00565. The van der Waals surface area contributed by atoms with Crippen LogP contribution in [0.1, 0.15) is 81.0 Å². The Hall–Kier alpha value is -1.69. The summed E-state index contributed by atoms with van der Waals surface area (Å²) < 4.78 is 2.61. The average Bonchev–Trinajstić information content (AvgIpc) is 3.19. The first-order chi connectivity index (χ1) is 13.2. The smallest absolute Gasteiger partial charge is 0.252 e. The predicted molar refractivity (Wildman–Crippen MR) is 111 cm³/mol. The van der Waals surface area contributed by atoms with Crippen molar-refractivity contribution in [2.45, 2.75) is 76.7 Å². The summed E-state index contributed by atoms with van der Waals surface area (Å²) in [5, 5.41) is 11.0. The van der Waals surface area contributed by atoms with E-state index in [0.29, 0.717) is 5.56 Å².